The van der Waals surface area contributed by atoms with Gasteiger partial charge in [-0.1, -0.05) is 33.6 Å². The largest absolute Gasteiger partial charge is 0.393 e. The first-order valence-corrected chi connectivity index (χ1v) is 7.17. The molecule has 0 unspecified atom stereocenters. The molecule has 1 aromatic rings. The normalized spacial score (nSPS) is 24.9. The fourth-order valence-corrected chi connectivity index (χ4v) is 3.02. The average molecular weight is 319 g/mol. The Hall–Kier alpha value is -0.0900. The van der Waals surface area contributed by atoms with Crippen LogP contribution >= 0.6 is 27.5 Å². The van der Waals surface area contributed by atoms with E-state index in [0.29, 0.717) is 6.04 Å². The summed E-state index contributed by atoms with van der Waals surface area (Å²) in [7, 11) is 0. The number of rotatable bonds is 3. The maximum Gasteiger partial charge on any atom is 0.0541 e. The number of halogens is 2. The molecule has 94 valence electrons. The van der Waals surface area contributed by atoms with Crippen molar-refractivity contribution >= 4 is 27.5 Å². The van der Waals surface area contributed by atoms with Gasteiger partial charge in [0.1, 0.15) is 0 Å². The summed E-state index contributed by atoms with van der Waals surface area (Å²) in [5.41, 5.74) is 1.22. The van der Waals surface area contributed by atoms with Gasteiger partial charge in [0.2, 0.25) is 0 Å². The molecule has 2 nitrogen and oxygen atoms in total. The van der Waals surface area contributed by atoms with E-state index in [4.69, 9.17) is 11.6 Å². The van der Waals surface area contributed by atoms with Crippen LogP contribution in [0.3, 0.4) is 0 Å². The Labute approximate surface area is 115 Å². The zero-order valence-electron chi connectivity index (χ0n) is 9.63. The van der Waals surface area contributed by atoms with Gasteiger partial charge in [-0.2, -0.15) is 0 Å². The van der Waals surface area contributed by atoms with Gasteiger partial charge in [-0.3, -0.25) is 0 Å². The minimum Gasteiger partial charge on any atom is -0.393 e. The van der Waals surface area contributed by atoms with Gasteiger partial charge in [-0.25, -0.2) is 0 Å². The van der Waals surface area contributed by atoms with Gasteiger partial charge >= 0.3 is 0 Å². The lowest BCUT2D eigenvalue weighted by Gasteiger charge is -2.26. The Balaban J connectivity index is 1.85. The number of aliphatic hydroxyl groups is 1. The molecular weight excluding hydrogens is 302 g/mol. The Morgan fingerprint density at radius 1 is 1.29 bits per heavy atom. The van der Waals surface area contributed by atoms with Crippen molar-refractivity contribution in [1.82, 2.24) is 5.32 Å². The summed E-state index contributed by atoms with van der Waals surface area (Å²) < 4.78 is 1.05. The number of hydrogen-bond donors (Lipinski definition) is 2. The molecule has 4 heteroatoms. The summed E-state index contributed by atoms with van der Waals surface area (Å²) in [6.07, 6.45) is 3.87. The lowest BCUT2D eigenvalue weighted by molar-refractivity contribution is 0.116. The highest BCUT2D eigenvalue weighted by Gasteiger charge is 2.18. The molecule has 0 aromatic heterocycles. The zero-order chi connectivity index (χ0) is 12.3. The highest BCUT2D eigenvalue weighted by Crippen LogP contribution is 2.23. The van der Waals surface area contributed by atoms with Gasteiger partial charge in [0.15, 0.2) is 0 Å². The molecule has 0 spiro atoms. The van der Waals surface area contributed by atoms with E-state index < -0.39 is 0 Å². The van der Waals surface area contributed by atoms with Gasteiger partial charge in [0.05, 0.1) is 6.10 Å². The fraction of sp³-hybridized carbons (Fsp3) is 0.538. The van der Waals surface area contributed by atoms with Crippen LogP contribution in [0.15, 0.2) is 22.7 Å². The molecule has 0 bridgehead atoms. The van der Waals surface area contributed by atoms with Crippen LogP contribution in [0.2, 0.25) is 5.02 Å². The van der Waals surface area contributed by atoms with Crippen LogP contribution in [0.1, 0.15) is 31.2 Å². The maximum atomic E-state index is 9.44. The van der Waals surface area contributed by atoms with E-state index in [1.165, 1.54) is 5.56 Å². The van der Waals surface area contributed by atoms with Crippen LogP contribution in [0.25, 0.3) is 0 Å². The molecule has 0 radical (unpaired) electrons. The molecule has 1 aliphatic rings. The van der Waals surface area contributed by atoms with Crippen molar-refractivity contribution in [3.05, 3.63) is 33.3 Å². The first-order chi connectivity index (χ1) is 8.15. The molecule has 0 saturated heterocycles. The fourth-order valence-electron chi connectivity index (χ4n) is 2.20. The molecule has 1 aliphatic carbocycles. The van der Waals surface area contributed by atoms with E-state index in [-0.39, 0.29) is 6.10 Å². The van der Waals surface area contributed by atoms with Crippen molar-refractivity contribution in [3.8, 4) is 0 Å². The molecule has 1 aromatic carbocycles. The van der Waals surface area contributed by atoms with Crippen LogP contribution < -0.4 is 5.32 Å². The lowest BCUT2D eigenvalue weighted by Crippen LogP contribution is -2.34. The molecule has 0 atom stereocenters. The molecular formula is C13H17BrClNO. The number of nitrogens with one attached hydrogen (secondary N) is 1. The molecule has 1 fully saturated rings. The monoisotopic (exact) mass is 317 g/mol. The summed E-state index contributed by atoms with van der Waals surface area (Å²) in [4.78, 5) is 0. The molecule has 1 saturated carbocycles. The molecule has 0 amide bonds. The summed E-state index contributed by atoms with van der Waals surface area (Å²) in [5, 5.41) is 13.7. The predicted octanol–water partition coefficient (Wildman–Crippen LogP) is 3.50. The van der Waals surface area contributed by atoms with Crippen molar-refractivity contribution in [2.75, 3.05) is 0 Å². The third-order valence-electron chi connectivity index (χ3n) is 3.29. The van der Waals surface area contributed by atoms with E-state index in [1.54, 1.807) is 0 Å². The van der Waals surface area contributed by atoms with Crippen LogP contribution in [-0.2, 0) is 6.54 Å². The Morgan fingerprint density at radius 3 is 2.65 bits per heavy atom. The second-order valence-corrected chi connectivity index (χ2v) is 5.91. The molecule has 0 aliphatic heterocycles. The van der Waals surface area contributed by atoms with Crippen LogP contribution in [-0.4, -0.2) is 17.3 Å². The van der Waals surface area contributed by atoms with Crippen LogP contribution in [0, 0.1) is 0 Å². The van der Waals surface area contributed by atoms with Gasteiger partial charge in [-0.15, -0.1) is 0 Å². The quantitative estimate of drug-likeness (QED) is 0.894. The second-order valence-electron chi connectivity index (χ2n) is 4.62. The van der Waals surface area contributed by atoms with Crippen LogP contribution in [0.5, 0.6) is 0 Å². The summed E-state index contributed by atoms with van der Waals surface area (Å²) in [6, 6.07) is 6.40. The van der Waals surface area contributed by atoms with Gasteiger partial charge in [-0.05, 0) is 43.4 Å². The first-order valence-electron chi connectivity index (χ1n) is 6.00. The van der Waals surface area contributed by atoms with E-state index >= 15 is 0 Å². The van der Waals surface area contributed by atoms with E-state index in [1.807, 2.05) is 18.2 Å². The van der Waals surface area contributed by atoms with Crippen LogP contribution in [0.4, 0.5) is 0 Å². The van der Waals surface area contributed by atoms with Crippen molar-refractivity contribution in [2.45, 2.75) is 44.4 Å². The smallest absolute Gasteiger partial charge is 0.0541 e. The zero-order valence-corrected chi connectivity index (χ0v) is 12.0. The number of aliphatic hydroxyl groups excluding tert-OH is 1. The van der Waals surface area contributed by atoms with Crippen molar-refractivity contribution < 1.29 is 5.11 Å². The van der Waals surface area contributed by atoms with E-state index in [9.17, 15) is 5.11 Å². The maximum absolute atomic E-state index is 9.44. The second kappa shape index (κ2) is 6.19. The summed E-state index contributed by atoms with van der Waals surface area (Å²) in [6.45, 7) is 0.846. The summed E-state index contributed by atoms with van der Waals surface area (Å²) >= 11 is 9.42. The summed E-state index contributed by atoms with van der Waals surface area (Å²) in [5.74, 6) is 0. The molecule has 0 heterocycles. The third-order valence-corrected chi connectivity index (χ3v) is 4.27. The molecule has 17 heavy (non-hydrogen) atoms. The number of hydrogen-bond acceptors (Lipinski definition) is 2. The van der Waals surface area contributed by atoms with Crippen molar-refractivity contribution in [1.29, 1.82) is 0 Å². The Bertz CT molecular complexity index is 378. The number of benzene rings is 1. The van der Waals surface area contributed by atoms with Gasteiger partial charge < -0.3 is 10.4 Å². The topological polar surface area (TPSA) is 32.3 Å². The standard InChI is InChI=1S/C13H17BrClNO/c14-13-7-10(15)2-1-9(13)8-16-11-3-5-12(17)6-4-11/h1-2,7,11-12,16-17H,3-6,8H2. The SMILES string of the molecule is OC1CCC(NCc2ccc(Cl)cc2Br)CC1. The minimum atomic E-state index is -0.0877. The first kappa shape index (κ1) is 13.3. The third kappa shape index (κ3) is 3.95. The van der Waals surface area contributed by atoms with Gasteiger partial charge in [0.25, 0.3) is 0 Å². The lowest BCUT2D eigenvalue weighted by atomic mass is 9.93. The highest BCUT2D eigenvalue weighted by atomic mass is 79.9. The Kier molecular flexibility index (Phi) is 4.86. The van der Waals surface area contributed by atoms with Crippen molar-refractivity contribution in [3.63, 3.8) is 0 Å². The molecule has 2 N–H and O–H groups in total. The van der Waals surface area contributed by atoms with Crippen molar-refractivity contribution in [2.24, 2.45) is 0 Å². The minimum absolute atomic E-state index is 0.0877. The molecule has 2 rings (SSSR count). The van der Waals surface area contributed by atoms with Gasteiger partial charge in [0, 0.05) is 22.1 Å². The predicted molar refractivity (Wildman–Crippen MR) is 74.3 cm³/mol. The Morgan fingerprint density at radius 2 is 2.00 bits per heavy atom. The van der Waals surface area contributed by atoms with E-state index in [0.717, 1.165) is 41.7 Å². The van der Waals surface area contributed by atoms with E-state index in [2.05, 4.69) is 21.2 Å². The highest BCUT2D eigenvalue weighted by molar-refractivity contribution is 9.10. The average Bonchev–Trinajstić information content (AvgIpc) is 2.30.